The Morgan fingerprint density at radius 2 is 2.28 bits per heavy atom. The van der Waals surface area contributed by atoms with Gasteiger partial charge in [0.05, 0.1) is 18.6 Å². The summed E-state index contributed by atoms with van der Waals surface area (Å²) in [6, 6.07) is 4.04. The fourth-order valence-electron chi connectivity index (χ4n) is 1.33. The summed E-state index contributed by atoms with van der Waals surface area (Å²) in [5, 5.41) is 10.6. The molecule has 1 heterocycles. The second-order valence-electron chi connectivity index (χ2n) is 3.95. The first-order chi connectivity index (χ1) is 8.72. The normalized spacial score (nSPS) is 11.0. The summed E-state index contributed by atoms with van der Waals surface area (Å²) in [6.07, 6.45) is 3.20. The minimum Gasteiger partial charge on any atom is -0.464 e. The van der Waals surface area contributed by atoms with Crippen molar-refractivity contribution in [2.45, 2.75) is 12.3 Å². The molecule has 0 unspecified atom stereocenters. The maximum Gasteiger partial charge on any atom is 0.182 e. The van der Waals surface area contributed by atoms with Crippen LogP contribution in [-0.4, -0.2) is 37.6 Å². The standard InChI is InChI=1S/C12H18N4OS/c1-16(2)7-11-3-4-12(17-11)8-18-6-5-14-10-15-9-13/h3-4,10H,5-8H2,1-2H3,(H,14,15). The Morgan fingerprint density at radius 1 is 1.50 bits per heavy atom. The summed E-state index contributed by atoms with van der Waals surface area (Å²) < 4.78 is 5.68. The quantitative estimate of drug-likeness (QED) is 0.255. The van der Waals surface area contributed by atoms with Gasteiger partial charge in [0.2, 0.25) is 0 Å². The van der Waals surface area contributed by atoms with Gasteiger partial charge in [-0.05, 0) is 26.2 Å². The monoisotopic (exact) mass is 266 g/mol. The van der Waals surface area contributed by atoms with Gasteiger partial charge in [0.15, 0.2) is 6.19 Å². The predicted molar refractivity (Wildman–Crippen MR) is 74.4 cm³/mol. The first-order valence-corrected chi connectivity index (χ1v) is 6.81. The maximum atomic E-state index is 8.21. The van der Waals surface area contributed by atoms with Crippen molar-refractivity contribution in [2.75, 3.05) is 26.4 Å². The predicted octanol–water partition coefficient (Wildman–Crippen LogP) is 1.67. The van der Waals surface area contributed by atoms with Crippen molar-refractivity contribution in [3.63, 3.8) is 0 Å². The van der Waals surface area contributed by atoms with E-state index in [1.54, 1.807) is 18.0 Å². The van der Waals surface area contributed by atoms with Crippen molar-refractivity contribution in [1.29, 1.82) is 5.26 Å². The Bertz CT molecular complexity index is 408. The third-order valence-electron chi connectivity index (χ3n) is 2.02. The highest BCUT2D eigenvalue weighted by molar-refractivity contribution is 7.98. The highest BCUT2D eigenvalue weighted by Gasteiger charge is 2.02. The molecule has 0 fully saturated rings. The van der Waals surface area contributed by atoms with E-state index in [0.29, 0.717) is 6.54 Å². The van der Waals surface area contributed by atoms with E-state index in [4.69, 9.17) is 9.68 Å². The average Bonchev–Trinajstić information content (AvgIpc) is 2.75. The van der Waals surface area contributed by atoms with Gasteiger partial charge in [0.25, 0.3) is 0 Å². The molecule has 0 aliphatic heterocycles. The molecule has 1 aromatic heterocycles. The van der Waals surface area contributed by atoms with Gasteiger partial charge in [-0.25, -0.2) is 0 Å². The van der Waals surface area contributed by atoms with Crippen LogP contribution in [-0.2, 0) is 12.3 Å². The Kier molecular flexibility index (Phi) is 6.99. The molecule has 0 bridgehead atoms. The molecule has 5 nitrogen and oxygen atoms in total. The van der Waals surface area contributed by atoms with Gasteiger partial charge >= 0.3 is 0 Å². The largest absolute Gasteiger partial charge is 0.464 e. The molecule has 18 heavy (non-hydrogen) atoms. The maximum absolute atomic E-state index is 8.21. The molecule has 0 atom stereocenters. The molecule has 0 spiro atoms. The van der Waals surface area contributed by atoms with Gasteiger partial charge in [-0.15, -0.1) is 0 Å². The third-order valence-corrected chi connectivity index (χ3v) is 2.98. The number of nitriles is 1. The van der Waals surface area contributed by atoms with Crippen LogP contribution in [0.15, 0.2) is 21.5 Å². The van der Waals surface area contributed by atoms with Gasteiger partial charge in [0.1, 0.15) is 11.5 Å². The molecular weight excluding hydrogens is 248 g/mol. The lowest BCUT2D eigenvalue weighted by Crippen LogP contribution is -2.09. The Balaban J connectivity index is 2.16. The fourth-order valence-corrected chi connectivity index (χ4v) is 2.06. The fraction of sp³-hybridized carbons (Fsp3) is 0.500. The summed E-state index contributed by atoms with van der Waals surface area (Å²) in [6.45, 7) is 1.53. The molecule has 1 rings (SSSR count). The minimum absolute atomic E-state index is 0.699. The molecule has 0 aromatic carbocycles. The van der Waals surface area contributed by atoms with Crippen molar-refractivity contribution >= 4 is 18.1 Å². The number of nitrogens with zero attached hydrogens (tertiary/aromatic N) is 3. The van der Waals surface area contributed by atoms with E-state index in [1.165, 1.54) is 6.34 Å². The molecule has 0 amide bonds. The van der Waals surface area contributed by atoms with Crippen LogP contribution in [0, 0.1) is 11.5 Å². The number of thioether (sulfide) groups is 1. The Morgan fingerprint density at radius 3 is 3.00 bits per heavy atom. The van der Waals surface area contributed by atoms with E-state index < -0.39 is 0 Å². The summed E-state index contributed by atoms with van der Waals surface area (Å²) >= 11 is 1.76. The Labute approximate surface area is 112 Å². The van der Waals surface area contributed by atoms with E-state index in [0.717, 1.165) is 29.6 Å². The van der Waals surface area contributed by atoms with Crippen LogP contribution in [0.2, 0.25) is 0 Å². The van der Waals surface area contributed by atoms with Crippen LogP contribution in [0.4, 0.5) is 0 Å². The number of nitrogens with one attached hydrogen (secondary N) is 1. The summed E-state index contributed by atoms with van der Waals surface area (Å²) in [5.41, 5.74) is 0. The Hall–Kier alpha value is -1.45. The smallest absolute Gasteiger partial charge is 0.182 e. The van der Waals surface area contributed by atoms with Crippen LogP contribution in [0.5, 0.6) is 0 Å². The van der Waals surface area contributed by atoms with Crippen molar-refractivity contribution in [2.24, 2.45) is 4.99 Å². The molecule has 0 saturated carbocycles. The molecule has 6 heteroatoms. The van der Waals surface area contributed by atoms with Crippen molar-refractivity contribution in [3.05, 3.63) is 23.7 Å². The zero-order chi connectivity index (χ0) is 13.2. The second-order valence-corrected chi connectivity index (χ2v) is 5.05. The molecule has 0 saturated heterocycles. The van der Waals surface area contributed by atoms with Crippen molar-refractivity contribution < 1.29 is 4.42 Å². The molecule has 98 valence electrons. The number of hydrogen-bond donors (Lipinski definition) is 1. The highest BCUT2D eigenvalue weighted by Crippen LogP contribution is 2.16. The van der Waals surface area contributed by atoms with Gasteiger partial charge in [0, 0.05) is 12.3 Å². The van der Waals surface area contributed by atoms with E-state index in [9.17, 15) is 0 Å². The molecule has 0 aliphatic rings. The van der Waals surface area contributed by atoms with Crippen LogP contribution >= 0.6 is 11.8 Å². The highest BCUT2D eigenvalue weighted by atomic mass is 32.2. The van der Waals surface area contributed by atoms with Gasteiger partial charge in [-0.1, -0.05) is 0 Å². The van der Waals surface area contributed by atoms with Crippen molar-refractivity contribution in [1.82, 2.24) is 10.2 Å². The lowest BCUT2D eigenvalue weighted by molar-refractivity contribution is 0.344. The lowest BCUT2D eigenvalue weighted by atomic mass is 10.4. The summed E-state index contributed by atoms with van der Waals surface area (Å²) in [7, 11) is 4.04. The first kappa shape index (κ1) is 14.6. The van der Waals surface area contributed by atoms with Crippen LogP contribution in [0.3, 0.4) is 0 Å². The van der Waals surface area contributed by atoms with Gasteiger partial charge in [-0.2, -0.15) is 17.0 Å². The lowest BCUT2D eigenvalue weighted by Gasteiger charge is -2.05. The van der Waals surface area contributed by atoms with E-state index in [2.05, 4.69) is 15.2 Å². The summed E-state index contributed by atoms with van der Waals surface area (Å²) in [4.78, 5) is 6.10. The molecule has 0 aliphatic carbocycles. The van der Waals surface area contributed by atoms with E-state index in [1.807, 2.05) is 26.2 Å². The topological polar surface area (TPSA) is 64.6 Å². The number of hydrogen-bond acceptors (Lipinski definition) is 5. The number of aliphatic imine (C=N–C) groups is 1. The molecule has 1 aromatic rings. The number of furan rings is 1. The summed E-state index contributed by atoms with van der Waals surface area (Å²) in [5.74, 6) is 3.75. The van der Waals surface area contributed by atoms with Crippen LogP contribution in [0.25, 0.3) is 0 Å². The zero-order valence-corrected chi connectivity index (χ0v) is 11.5. The van der Waals surface area contributed by atoms with E-state index in [-0.39, 0.29) is 0 Å². The second kappa shape index (κ2) is 8.61. The zero-order valence-electron chi connectivity index (χ0n) is 10.7. The molecular formula is C12H18N4OS. The van der Waals surface area contributed by atoms with E-state index >= 15 is 0 Å². The average molecular weight is 266 g/mol. The number of rotatable bonds is 8. The van der Waals surface area contributed by atoms with Crippen LogP contribution < -0.4 is 5.32 Å². The van der Waals surface area contributed by atoms with Crippen molar-refractivity contribution in [3.8, 4) is 6.19 Å². The van der Waals surface area contributed by atoms with Gasteiger partial charge < -0.3 is 9.32 Å². The minimum atomic E-state index is 0.699. The van der Waals surface area contributed by atoms with Gasteiger partial charge in [-0.3, -0.25) is 10.3 Å². The molecule has 0 radical (unpaired) electrons. The van der Waals surface area contributed by atoms with Crippen LogP contribution in [0.1, 0.15) is 11.5 Å². The SMILES string of the molecule is CN(C)Cc1ccc(CSCC/N=C/NC#N)o1. The molecule has 1 N–H and O–H groups in total. The first-order valence-electron chi connectivity index (χ1n) is 5.65. The third kappa shape index (κ3) is 6.33.